The average molecular weight is 240 g/mol. The van der Waals surface area contributed by atoms with Crippen LogP contribution in [-0.4, -0.2) is 5.78 Å². The molecular weight excluding hydrogens is 229 g/mol. The zero-order valence-electron chi connectivity index (χ0n) is 9.05. The van der Waals surface area contributed by atoms with Crippen molar-refractivity contribution in [2.75, 3.05) is 0 Å². The summed E-state index contributed by atoms with van der Waals surface area (Å²) in [6, 6.07) is 6.01. The van der Waals surface area contributed by atoms with E-state index in [1.165, 1.54) is 32.0 Å². The molecule has 0 aliphatic rings. The molecule has 0 aliphatic carbocycles. The zero-order chi connectivity index (χ0) is 12.3. The van der Waals surface area contributed by atoms with Crippen LogP contribution in [0.1, 0.15) is 19.4 Å². The summed E-state index contributed by atoms with van der Waals surface area (Å²) >= 11 is 5.73. The summed E-state index contributed by atoms with van der Waals surface area (Å²) in [4.78, 5) is 11.3. The molecule has 0 fully saturated rings. The average Bonchev–Trinajstić information content (AvgIpc) is 2.23. The minimum Gasteiger partial charge on any atom is -0.298 e. The van der Waals surface area contributed by atoms with E-state index in [2.05, 4.69) is 0 Å². The third-order valence-corrected chi connectivity index (χ3v) is 2.81. The third kappa shape index (κ3) is 2.59. The number of hydrogen-bond acceptors (Lipinski definition) is 2. The van der Waals surface area contributed by atoms with Crippen molar-refractivity contribution in [2.24, 2.45) is 5.41 Å². The molecule has 0 heterocycles. The molecule has 0 radical (unpaired) electrons. The van der Waals surface area contributed by atoms with Gasteiger partial charge in [0.05, 0.1) is 6.07 Å². The van der Waals surface area contributed by atoms with Crippen molar-refractivity contribution in [2.45, 2.75) is 20.3 Å². The second-order valence-corrected chi connectivity index (χ2v) is 4.35. The highest BCUT2D eigenvalue weighted by Crippen LogP contribution is 2.26. The van der Waals surface area contributed by atoms with E-state index in [1.807, 2.05) is 6.07 Å². The van der Waals surface area contributed by atoms with Crippen molar-refractivity contribution in [3.05, 3.63) is 34.6 Å². The lowest BCUT2D eigenvalue weighted by molar-refractivity contribution is -0.123. The lowest BCUT2D eigenvalue weighted by Crippen LogP contribution is -2.26. The number of nitrogens with zero attached hydrogens (tertiary/aromatic N) is 1. The van der Waals surface area contributed by atoms with E-state index in [9.17, 15) is 9.18 Å². The van der Waals surface area contributed by atoms with Gasteiger partial charge in [0.2, 0.25) is 0 Å². The highest BCUT2D eigenvalue weighted by molar-refractivity contribution is 6.30. The molecule has 0 aliphatic heterocycles. The molecule has 1 aromatic carbocycles. The fraction of sp³-hybridized carbons (Fsp3) is 0.333. The predicted octanol–water partition coefficient (Wildman–Crippen LogP) is 3.14. The second-order valence-electron chi connectivity index (χ2n) is 3.91. The number of carbonyl (C=O) groups is 1. The minimum atomic E-state index is -1.20. The van der Waals surface area contributed by atoms with Gasteiger partial charge in [0.25, 0.3) is 0 Å². The Bertz CT molecular complexity index is 467. The summed E-state index contributed by atoms with van der Waals surface area (Å²) in [7, 11) is 0. The van der Waals surface area contributed by atoms with Gasteiger partial charge in [0, 0.05) is 11.4 Å². The molecule has 0 bridgehead atoms. The first kappa shape index (κ1) is 12.7. The smallest absolute Gasteiger partial charge is 0.150 e. The van der Waals surface area contributed by atoms with Gasteiger partial charge in [-0.3, -0.25) is 4.79 Å². The molecule has 0 saturated heterocycles. The normalized spacial score (nSPS) is 13.9. The van der Waals surface area contributed by atoms with Crippen molar-refractivity contribution in [3.8, 4) is 6.07 Å². The molecule has 1 aromatic rings. The summed E-state index contributed by atoms with van der Waals surface area (Å²) in [6.07, 6.45) is 0.0330. The van der Waals surface area contributed by atoms with Crippen molar-refractivity contribution in [1.29, 1.82) is 5.26 Å². The minimum absolute atomic E-state index is 0.0330. The molecule has 1 atom stereocenters. The van der Waals surface area contributed by atoms with Crippen molar-refractivity contribution in [3.63, 3.8) is 0 Å². The molecule has 2 nitrogen and oxygen atoms in total. The van der Waals surface area contributed by atoms with E-state index < -0.39 is 11.2 Å². The molecule has 0 N–H and O–H groups in total. The van der Waals surface area contributed by atoms with E-state index in [4.69, 9.17) is 16.9 Å². The summed E-state index contributed by atoms with van der Waals surface area (Å²) in [5.74, 6) is -0.735. The molecule has 0 aromatic heterocycles. The van der Waals surface area contributed by atoms with Crippen LogP contribution in [0.3, 0.4) is 0 Å². The van der Waals surface area contributed by atoms with Crippen molar-refractivity contribution >= 4 is 17.4 Å². The molecule has 0 spiro atoms. The quantitative estimate of drug-likeness (QED) is 0.813. The Morgan fingerprint density at radius 1 is 1.62 bits per heavy atom. The monoisotopic (exact) mass is 239 g/mol. The number of Topliss-reactive ketones (excluding diaryl/α,β-unsaturated/α-hetero) is 1. The van der Waals surface area contributed by atoms with E-state index in [0.29, 0.717) is 5.02 Å². The van der Waals surface area contributed by atoms with Crippen LogP contribution in [0.5, 0.6) is 0 Å². The van der Waals surface area contributed by atoms with Gasteiger partial charge >= 0.3 is 0 Å². The summed E-state index contributed by atoms with van der Waals surface area (Å²) in [5.41, 5.74) is -0.919. The van der Waals surface area contributed by atoms with Gasteiger partial charge < -0.3 is 0 Å². The van der Waals surface area contributed by atoms with Gasteiger partial charge in [0.1, 0.15) is 17.0 Å². The Morgan fingerprint density at radius 3 is 2.75 bits per heavy atom. The zero-order valence-corrected chi connectivity index (χ0v) is 9.81. The van der Waals surface area contributed by atoms with Crippen LogP contribution < -0.4 is 0 Å². The van der Waals surface area contributed by atoms with Crippen molar-refractivity contribution in [1.82, 2.24) is 0 Å². The highest BCUT2D eigenvalue weighted by Gasteiger charge is 2.31. The van der Waals surface area contributed by atoms with Crippen LogP contribution in [0.15, 0.2) is 18.2 Å². The fourth-order valence-corrected chi connectivity index (χ4v) is 1.50. The van der Waals surface area contributed by atoms with Crippen LogP contribution in [0.2, 0.25) is 5.02 Å². The summed E-state index contributed by atoms with van der Waals surface area (Å²) < 4.78 is 13.4. The van der Waals surface area contributed by atoms with Gasteiger partial charge in [-0.15, -0.1) is 0 Å². The third-order valence-electron chi connectivity index (χ3n) is 2.58. The lowest BCUT2D eigenvalue weighted by atomic mass is 9.81. The summed E-state index contributed by atoms with van der Waals surface area (Å²) in [6.45, 7) is 2.82. The molecule has 0 saturated carbocycles. The van der Waals surface area contributed by atoms with Crippen LogP contribution in [0.25, 0.3) is 0 Å². The Morgan fingerprint density at radius 2 is 2.25 bits per heavy atom. The maximum atomic E-state index is 13.4. The molecular formula is C12H11ClFNO. The Balaban J connectivity index is 3.09. The largest absolute Gasteiger partial charge is 0.298 e. The van der Waals surface area contributed by atoms with Gasteiger partial charge in [-0.1, -0.05) is 11.6 Å². The predicted molar refractivity (Wildman–Crippen MR) is 59.5 cm³/mol. The Kier molecular flexibility index (Phi) is 3.66. The van der Waals surface area contributed by atoms with Gasteiger partial charge in [-0.25, -0.2) is 4.39 Å². The van der Waals surface area contributed by atoms with Crippen LogP contribution in [0, 0.1) is 22.6 Å². The number of ketones is 1. The first-order valence-corrected chi connectivity index (χ1v) is 5.13. The van der Waals surface area contributed by atoms with Crippen LogP contribution >= 0.6 is 11.6 Å². The number of carbonyl (C=O) groups excluding carboxylic acids is 1. The first-order chi connectivity index (χ1) is 7.39. The Hall–Kier alpha value is -1.40. The van der Waals surface area contributed by atoms with E-state index in [-0.39, 0.29) is 17.8 Å². The summed E-state index contributed by atoms with van der Waals surface area (Å²) in [5, 5.41) is 9.34. The van der Waals surface area contributed by atoms with Gasteiger partial charge in [-0.2, -0.15) is 5.26 Å². The number of rotatable bonds is 3. The SMILES string of the molecule is CC(=O)C(C)(C#N)Cc1cc(Cl)ccc1F. The van der Waals surface area contributed by atoms with E-state index >= 15 is 0 Å². The number of hydrogen-bond donors (Lipinski definition) is 0. The standard InChI is InChI=1S/C12H11ClFNO/c1-8(16)12(2,7-15)6-9-5-10(13)3-4-11(9)14/h3-5H,6H2,1-2H3. The molecule has 1 rings (SSSR count). The molecule has 1 unspecified atom stereocenters. The van der Waals surface area contributed by atoms with Crippen LogP contribution in [-0.2, 0) is 11.2 Å². The Labute approximate surface area is 98.6 Å². The van der Waals surface area contributed by atoms with E-state index in [0.717, 1.165) is 0 Å². The van der Waals surface area contributed by atoms with Crippen molar-refractivity contribution < 1.29 is 9.18 Å². The van der Waals surface area contributed by atoms with Gasteiger partial charge in [0.15, 0.2) is 0 Å². The number of benzene rings is 1. The second kappa shape index (κ2) is 4.63. The molecule has 4 heteroatoms. The molecule has 84 valence electrons. The van der Waals surface area contributed by atoms with Crippen LogP contribution in [0.4, 0.5) is 4.39 Å². The van der Waals surface area contributed by atoms with Gasteiger partial charge in [-0.05, 0) is 37.6 Å². The maximum Gasteiger partial charge on any atom is 0.150 e. The number of nitriles is 1. The molecule has 0 amide bonds. The highest BCUT2D eigenvalue weighted by atomic mass is 35.5. The first-order valence-electron chi connectivity index (χ1n) is 4.75. The fourth-order valence-electron chi connectivity index (χ4n) is 1.30. The number of halogens is 2. The lowest BCUT2D eigenvalue weighted by Gasteiger charge is -2.18. The topological polar surface area (TPSA) is 40.9 Å². The van der Waals surface area contributed by atoms with E-state index in [1.54, 1.807) is 0 Å². The molecule has 16 heavy (non-hydrogen) atoms. The maximum absolute atomic E-state index is 13.4.